The lowest BCUT2D eigenvalue weighted by Gasteiger charge is -2.24. The maximum absolute atomic E-state index is 12.3. The number of hydrogen-bond acceptors (Lipinski definition) is 3. The highest BCUT2D eigenvalue weighted by Gasteiger charge is 2.12. The van der Waals surface area contributed by atoms with Gasteiger partial charge in [0.2, 0.25) is 0 Å². The number of H-pyrrole nitrogens is 1. The van der Waals surface area contributed by atoms with Gasteiger partial charge in [-0.15, -0.1) is 0 Å². The van der Waals surface area contributed by atoms with Crippen molar-refractivity contribution in [2.24, 2.45) is 0 Å². The Morgan fingerprint density at radius 1 is 1.41 bits per heavy atom. The monoisotopic (exact) mass is 319 g/mol. The second kappa shape index (κ2) is 7.38. The van der Waals surface area contributed by atoms with Crippen molar-refractivity contribution < 1.29 is 5.11 Å². The van der Waals surface area contributed by atoms with Gasteiger partial charge in [-0.2, -0.15) is 0 Å². The molecule has 1 heterocycles. The number of aromatic nitrogens is 1. The molecule has 22 heavy (non-hydrogen) atoms. The number of hydrogen-bond donors (Lipinski definition) is 3. The van der Waals surface area contributed by atoms with Gasteiger partial charge in [-0.25, -0.2) is 0 Å². The third kappa shape index (κ3) is 3.84. The summed E-state index contributed by atoms with van der Waals surface area (Å²) in [7, 11) is 1.75. The molecule has 0 saturated carbocycles. The van der Waals surface area contributed by atoms with Crippen molar-refractivity contribution in [1.29, 1.82) is 0 Å². The molecule has 0 atom stereocenters. The standard InChI is InChI=1S/C16H21N3O2S/c1-11-4-5-12-9-13(15(21)18-14(12)8-11)10-19(6-3-7-20)16(22)17-2/h4-5,8-9,20H,3,6-7,10H2,1-2H3,(H,17,22)(H,18,21). The van der Waals surface area contributed by atoms with E-state index >= 15 is 0 Å². The summed E-state index contributed by atoms with van der Waals surface area (Å²) < 4.78 is 0. The SMILES string of the molecule is CNC(=S)N(CCCO)Cc1cc2ccc(C)cc2[nH]c1=O. The minimum absolute atomic E-state index is 0.0934. The molecule has 0 aliphatic carbocycles. The highest BCUT2D eigenvalue weighted by molar-refractivity contribution is 7.80. The van der Waals surface area contributed by atoms with E-state index < -0.39 is 0 Å². The molecule has 0 radical (unpaired) electrons. The molecule has 0 spiro atoms. The normalized spacial score (nSPS) is 10.7. The number of nitrogens with one attached hydrogen (secondary N) is 2. The van der Waals surface area contributed by atoms with E-state index in [1.165, 1.54) is 0 Å². The molecule has 0 aliphatic rings. The molecule has 1 aromatic carbocycles. The van der Waals surface area contributed by atoms with Crippen LogP contribution in [-0.4, -0.2) is 40.3 Å². The quantitative estimate of drug-likeness (QED) is 0.729. The summed E-state index contributed by atoms with van der Waals surface area (Å²) in [6.07, 6.45) is 0.604. The maximum atomic E-state index is 12.3. The Balaban J connectivity index is 2.32. The van der Waals surface area contributed by atoms with Crippen LogP contribution in [0.3, 0.4) is 0 Å². The van der Waals surface area contributed by atoms with Crippen LogP contribution in [0.5, 0.6) is 0 Å². The fourth-order valence-corrected chi connectivity index (χ4v) is 2.51. The average Bonchev–Trinajstić information content (AvgIpc) is 2.51. The van der Waals surface area contributed by atoms with Crippen LogP contribution in [0.15, 0.2) is 29.1 Å². The molecule has 0 amide bonds. The van der Waals surface area contributed by atoms with Crippen LogP contribution in [0.4, 0.5) is 0 Å². The Hall–Kier alpha value is -1.92. The van der Waals surface area contributed by atoms with E-state index in [0.29, 0.717) is 30.2 Å². The Morgan fingerprint density at radius 3 is 2.86 bits per heavy atom. The lowest BCUT2D eigenvalue weighted by Crippen LogP contribution is -2.39. The van der Waals surface area contributed by atoms with Crippen LogP contribution in [0.2, 0.25) is 0 Å². The average molecular weight is 319 g/mol. The largest absolute Gasteiger partial charge is 0.396 e. The van der Waals surface area contributed by atoms with Gasteiger partial charge in [0.15, 0.2) is 5.11 Å². The third-order valence-electron chi connectivity index (χ3n) is 3.53. The summed E-state index contributed by atoms with van der Waals surface area (Å²) in [5, 5.41) is 13.5. The lowest BCUT2D eigenvalue weighted by atomic mass is 10.1. The molecule has 118 valence electrons. The van der Waals surface area contributed by atoms with Gasteiger partial charge < -0.3 is 20.3 Å². The van der Waals surface area contributed by atoms with Crippen LogP contribution >= 0.6 is 12.2 Å². The topological polar surface area (TPSA) is 68.4 Å². The number of aryl methyl sites for hydroxylation is 1. The number of thiocarbonyl (C=S) groups is 1. The molecule has 6 heteroatoms. The molecule has 3 N–H and O–H groups in total. The van der Waals surface area contributed by atoms with Crippen molar-refractivity contribution >= 4 is 28.2 Å². The number of aliphatic hydroxyl groups excluding tert-OH is 1. The van der Waals surface area contributed by atoms with E-state index in [-0.39, 0.29) is 12.2 Å². The predicted molar refractivity (Wildman–Crippen MR) is 93.1 cm³/mol. The number of rotatable bonds is 5. The zero-order valence-electron chi connectivity index (χ0n) is 12.8. The fourth-order valence-electron chi connectivity index (χ4n) is 2.36. The first-order chi connectivity index (χ1) is 10.5. The Labute approximate surface area is 135 Å². The molecule has 2 aromatic rings. The van der Waals surface area contributed by atoms with E-state index in [2.05, 4.69) is 10.3 Å². The lowest BCUT2D eigenvalue weighted by molar-refractivity contribution is 0.264. The highest BCUT2D eigenvalue weighted by Crippen LogP contribution is 2.14. The molecule has 0 saturated heterocycles. The van der Waals surface area contributed by atoms with Gasteiger partial charge in [-0.05, 0) is 48.6 Å². The van der Waals surface area contributed by atoms with Crippen LogP contribution in [0.1, 0.15) is 17.5 Å². The minimum atomic E-state index is -0.106. The van der Waals surface area contributed by atoms with Gasteiger partial charge in [0.1, 0.15) is 0 Å². The van der Waals surface area contributed by atoms with E-state index in [9.17, 15) is 4.79 Å². The van der Waals surface area contributed by atoms with E-state index in [1.54, 1.807) is 7.05 Å². The summed E-state index contributed by atoms with van der Waals surface area (Å²) in [5.74, 6) is 0. The Kier molecular flexibility index (Phi) is 5.51. The van der Waals surface area contributed by atoms with E-state index in [0.717, 1.165) is 16.5 Å². The second-order valence-corrected chi connectivity index (χ2v) is 5.65. The summed E-state index contributed by atoms with van der Waals surface area (Å²) in [5.41, 5.74) is 2.50. The van der Waals surface area contributed by atoms with Gasteiger partial charge in [0, 0.05) is 31.3 Å². The molecule has 2 rings (SSSR count). The highest BCUT2D eigenvalue weighted by atomic mass is 32.1. The number of nitrogens with zero attached hydrogens (tertiary/aromatic N) is 1. The Morgan fingerprint density at radius 2 is 2.18 bits per heavy atom. The molecule has 0 unspecified atom stereocenters. The van der Waals surface area contributed by atoms with Crippen LogP contribution < -0.4 is 10.9 Å². The number of aliphatic hydroxyl groups is 1. The second-order valence-electron chi connectivity index (χ2n) is 5.27. The van der Waals surface area contributed by atoms with Gasteiger partial charge >= 0.3 is 0 Å². The summed E-state index contributed by atoms with van der Waals surface area (Å²) in [6, 6.07) is 7.88. The first-order valence-electron chi connectivity index (χ1n) is 7.25. The van der Waals surface area contributed by atoms with Gasteiger partial charge in [-0.1, -0.05) is 12.1 Å². The van der Waals surface area contributed by atoms with Crippen molar-refractivity contribution in [3.63, 3.8) is 0 Å². The molecular formula is C16H21N3O2S. The van der Waals surface area contributed by atoms with Crippen LogP contribution in [0, 0.1) is 6.92 Å². The zero-order chi connectivity index (χ0) is 16.1. The van der Waals surface area contributed by atoms with Gasteiger partial charge in [-0.3, -0.25) is 4.79 Å². The molecule has 0 bridgehead atoms. The summed E-state index contributed by atoms with van der Waals surface area (Å²) in [6.45, 7) is 3.10. The number of pyridine rings is 1. The van der Waals surface area contributed by atoms with Crippen LogP contribution in [0.25, 0.3) is 10.9 Å². The Bertz CT molecular complexity index is 727. The zero-order valence-corrected chi connectivity index (χ0v) is 13.7. The van der Waals surface area contributed by atoms with Crippen molar-refractivity contribution in [2.75, 3.05) is 20.2 Å². The minimum Gasteiger partial charge on any atom is -0.396 e. The fraction of sp³-hybridized carbons (Fsp3) is 0.375. The van der Waals surface area contributed by atoms with Crippen LogP contribution in [-0.2, 0) is 6.54 Å². The first-order valence-corrected chi connectivity index (χ1v) is 7.66. The van der Waals surface area contributed by atoms with Crippen molar-refractivity contribution in [1.82, 2.24) is 15.2 Å². The van der Waals surface area contributed by atoms with Crippen molar-refractivity contribution in [3.05, 3.63) is 45.7 Å². The first kappa shape index (κ1) is 16.5. The summed E-state index contributed by atoms with van der Waals surface area (Å²) in [4.78, 5) is 17.1. The smallest absolute Gasteiger partial charge is 0.253 e. The maximum Gasteiger partial charge on any atom is 0.253 e. The van der Waals surface area contributed by atoms with Gasteiger partial charge in [0.25, 0.3) is 5.56 Å². The third-order valence-corrected chi connectivity index (χ3v) is 3.99. The van der Waals surface area contributed by atoms with Gasteiger partial charge in [0.05, 0.1) is 6.54 Å². The molecule has 1 aromatic heterocycles. The molecular weight excluding hydrogens is 298 g/mol. The number of benzene rings is 1. The van der Waals surface area contributed by atoms with E-state index in [4.69, 9.17) is 17.3 Å². The summed E-state index contributed by atoms with van der Waals surface area (Å²) >= 11 is 5.27. The molecule has 0 fully saturated rings. The molecule has 5 nitrogen and oxygen atoms in total. The predicted octanol–water partition coefficient (Wildman–Crippen LogP) is 1.53. The van der Waals surface area contributed by atoms with E-state index in [1.807, 2.05) is 36.1 Å². The number of fused-ring (bicyclic) bond motifs is 1. The molecule has 0 aliphatic heterocycles. The van der Waals surface area contributed by atoms with Crippen molar-refractivity contribution in [2.45, 2.75) is 19.9 Å². The van der Waals surface area contributed by atoms with Crippen molar-refractivity contribution in [3.8, 4) is 0 Å². The number of aromatic amines is 1.